The van der Waals surface area contributed by atoms with Crippen molar-refractivity contribution in [3.63, 3.8) is 0 Å². The van der Waals surface area contributed by atoms with Crippen molar-refractivity contribution in [2.45, 2.75) is 77.6 Å². The van der Waals surface area contributed by atoms with E-state index in [1.54, 1.807) is 6.92 Å². The van der Waals surface area contributed by atoms with Crippen LogP contribution in [0.2, 0.25) is 0 Å². The minimum Gasteiger partial charge on any atom is -0.462 e. The van der Waals surface area contributed by atoms with Crippen molar-refractivity contribution in [1.82, 2.24) is 0 Å². The van der Waals surface area contributed by atoms with Crippen molar-refractivity contribution in [1.29, 1.82) is 0 Å². The van der Waals surface area contributed by atoms with Gasteiger partial charge in [0.25, 0.3) is 0 Å². The number of hydrogen-bond acceptors (Lipinski definition) is 5. The Morgan fingerprint density at radius 2 is 1.62 bits per heavy atom. The van der Waals surface area contributed by atoms with E-state index in [-0.39, 0.29) is 24.7 Å². The lowest BCUT2D eigenvalue weighted by Crippen LogP contribution is -2.25. The van der Waals surface area contributed by atoms with Crippen LogP contribution in [0.3, 0.4) is 0 Å². The molecule has 0 saturated heterocycles. The third-order valence-electron chi connectivity index (χ3n) is 6.76. The first-order chi connectivity index (χ1) is 16.3. The SMILES string of the molecule is C=C(C)C(=O)OCC(COC(=O)C(=C)CO)CC1CCC(c2ccc(CCCCC)cc2)CC1. The van der Waals surface area contributed by atoms with Crippen LogP contribution in [0.25, 0.3) is 0 Å². The molecule has 1 aromatic carbocycles. The molecule has 34 heavy (non-hydrogen) atoms. The zero-order valence-electron chi connectivity index (χ0n) is 21.0. The summed E-state index contributed by atoms with van der Waals surface area (Å²) >= 11 is 0. The summed E-state index contributed by atoms with van der Waals surface area (Å²) in [5.74, 6) is -0.0506. The molecule has 1 aliphatic rings. The number of esters is 2. The largest absolute Gasteiger partial charge is 0.462 e. The van der Waals surface area contributed by atoms with E-state index in [2.05, 4.69) is 44.3 Å². The van der Waals surface area contributed by atoms with Gasteiger partial charge in [-0.25, -0.2) is 9.59 Å². The maximum absolute atomic E-state index is 11.9. The van der Waals surface area contributed by atoms with Crippen molar-refractivity contribution >= 4 is 11.9 Å². The van der Waals surface area contributed by atoms with Crippen LogP contribution in [-0.2, 0) is 25.5 Å². The van der Waals surface area contributed by atoms with E-state index in [0.29, 0.717) is 17.4 Å². The lowest BCUT2D eigenvalue weighted by atomic mass is 9.76. The lowest BCUT2D eigenvalue weighted by Gasteiger charge is -2.31. The number of aliphatic hydroxyl groups is 1. The Hall–Kier alpha value is -2.40. The molecule has 1 aromatic rings. The van der Waals surface area contributed by atoms with Crippen molar-refractivity contribution in [2.24, 2.45) is 11.8 Å². The Balaban J connectivity index is 1.86. The molecule has 1 saturated carbocycles. The summed E-state index contributed by atoms with van der Waals surface area (Å²) in [4.78, 5) is 23.8. The fraction of sp³-hybridized carbons (Fsp3) is 0.586. The third kappa shape index (κ3) is 9.46. The van der Waals surface area contributed by atoms with E-state index in [9.17, 15) is 9.59 Å². The fourth-order valence-corrected chi connectivity index (χ4v) is 4.60. The summed E-state index contributed by atoms with van der Waals surface area (Å²) < 4.78 is 10.7. The minimum atomic E-state index is -0.611. The van der Waals surface area contributed by atoms with Crippen LogP contribution in [0.4, 0.5) is 0 Å². The Labute approximate surface area is 205 Å². The van der Waals surface area contributed by atoms with E-state index in [1.807, 2.05) is 0 Å². The number of carbonyl (C=O) groups is 2. The summed E-state index contributed by atoms with van der Waals surface area (Å²) in [5, 5.41) is 9.07. The van der Waals surface area contributed by atoms with Crippen LogP contribution in [-0.4, -0.2) is 36.9 Å². The van der Waals surface area contributed by atoms with Crippen molar-refractivity contribution in [3.05, 3.63) is 59.7 Å². The minimum absolute atomic E-state index is 0.0228. The van der Waals surface area contributed by atoms with Crippen LogP contribution in [0, 0.1) is 11.8 Å². The number of ether oxygens (including phenoxy) is 2. The Morgan fingerprint density at radius 1 is 1.00 bits per heavy atom. The highest BCUT2D eigenvalue weighted by molar-refractivity contribution is 5.88. The van der Waals surface area contributed by atoms with Gasteiger partial charge < -0.3 is 14.6 Å². The van der Waals surface area contributed by atoms with E-state index < -0.39 is 18.5 Å². The summed E-state index contributed by atoms with van der Waals surface area (Å²) in [6.45, 7) is 10.9. The van der Waals surface area contributed by atoms with Crippen molar-refractivity contribution < 1.29 is 24.2 Å². The van der Waals surface area contributed by atoms with Crippen molar-refractivity contribution in [3.8, 4) is 0 Å². The molecule has 5 heteroatoms. The molecule has 0 aliphatic heterocycles. The highest BCUT2D eigenvalue weighted by Crippen LogP contribution is 2.38. The first kappa shape index (κ1) is 27.8. The molecule has 0 amide bonds. The second-order valence-corrected chi connectivity index (χ2v) is 9.76. The molecule has 1 fully saturated rings. The Morgan fingerprint density at radius 3 is 2.18 bits per heavy atom. The van der Waals surface area contributed by atoms with Gasteiger partial charge in [0.15, 0.2) is 0 Å². The van der Waals surface area contributed by atoms with Gasteiger partial charge in [0, 0.05) is 11.5 Å². The molecule has 1 N–H and O–H groups in total. The summed E-state index contributed by atoms with van der Waals surface area (Å²) in [6.07, 6.45) is 10.3. The third-order valence-corrected chi connectivity index (χ3v) is 6.76. The fourth-order valence-electron chi connectivity index (χ4n) is 4.60. The lowest BCUT2D eigenvalue weighted by molar-refractivity contribution is -0.144. The monoisotopic (exact) mass is 470 g/mol. The number of benzene rings is 1. The second-order valence-electron chi connectivity index (χ2n) is 9.76. The molecule has 2 rings (SSSR count). The van der Waals surface area contributed by atoms with Gasteiger partial charge >= 0.3 is 11.9 Å². The van der Waals surface area contributed by atoms with Crippen LogP contribution in [0.1, 0.15) is 82.3 Å². The smallest absolute Gasteiger partial charge is 0.335 e. The van der Waals surface area contributed by atoms with E-state index in [4.69, 9.17) is 14.6 Å². The molecule has 1 unspecified atom stereocenters. The highest BCUT2D eigenvalue weighted by Gasteiger charge is 2.26. The predicted molar refractivity (Wildman–Crippen MR) is 135 cm³/mol. The molecule has 1 aliphatic carbocycles. The first-order valence-corrected chi connectivity index (χ1v) is 12.7. The Kier molecular flexibility index (Phi) is 12.1. The quantitative estimate of drug-likeness (QED) is 0.208. The van der Waals surface area contributed by atoms with Gasteiger partial charge in [-0.2, -0.15) is 0 Å². The molecule has 0 bridgehead atoms. The molecule has 1 atom stereocenters. The number of carbonyl (C=O) groups excluding carboxylic acids is 2. The zero-order chi connectivity index (χ0) is 24.9. The molecular weight excluding hydrogens is 428 g/mol. The number of hydrogen-bond donors (Lipinski definition) is 1. The summed E-state index contributed by atoms with van der Waals surface area (Å²) in [7, 11) is 0. The Bertz CT molecular complexity index is 802. The molecule has 188 valence electrons. The predicted octanol–water partition coefficient (Wildman–Crippen LogP) is 5.91. The second kappa shape index (κ2) is 14.8. The maximum atomic E-state index is 11.9. The van der Waals surface area contributed by atoms with Crippen LogP contribution >= 0.6 is 0 Å². The van der Waals surface area contributed by atoms with Crippen LogP contribution in [0.5, 0.6) is 0 Å². The highest BCUT2D eigenvalue weighted by atomic mass is 16.5. The standard InChI is InChI=1S/C29H42O5/c1-5-6-7-8-23-9-13-26(14-10-23)27-15-11-24(12-16-27)17-25(19-33-28(31)21(2)3)20-34-29(32)22(4)18-30/h9-10,13-14,24-25,27,30H,2,4-8,11-12,15-20H2,1,3H3. The van der Waals surface area contributed by atoms with Gasteiger partial charge in [-0.05, 0) is 74.8 Å². The zero-order valence-corrected chi connectivity index (χ0v) is 21.0. The number of rotatable bonds is 14. The van der Waals surface area contributed by atoms with Gasteiger partial charge in [0.2, 0.25) is 0 Å². The molecule has 0 aromatic heterocycles. The summed E-state index contributed by atoms with van der Waals surface area (Å²) in [6, 6.07) is 9.19. The number of unbranched alkanes of at least 4 members (excludes halogenated alkanes) is 2. The number of aryl methyl sites for hydroxylation is 1. The molecule has 0 radical (unpaired) electrons. The van der Waals surface area contributed by atoms with Crippen LogP contribution < -0.4 is 0 Å². The average Bonchev–Trinajstić information content (AvgIpc) is 2.85. The van der Waals surface area contributed by atoms with Gasteiger partial charge in [-0.15, -0.1) is 0 Å². The number of aliphatic hydroxyl groups excluding tert-OH is 1. The van der Waals surface area contributed by atoms with E-state index in [0.717, 1.165) is 38.5 Å². The topological polar surface area (TPSA) is 72.8 Å². The molecule has 0 spiro atoms. The average molecular weight is 471 g/mol. The molecular formula is C29H42O5. The van der Waals surface area contributed by atoms with Gasteiger partial charge in [-0.1, -0.05) is 57.2 Å². The molecule has 0 heterocycles. The maximum Gasteiger partial charge on any atom is 0.335 e. The summed E-state index contributed by atoms with van der Waals surface area (Å²) in [5.41, 5.74) is 3.23. The first-order valence-electron chi connectivity index (χ1n) is 12.7. The van der Waals surface area contributed by atoms with Crippen molar-refractivity contribution in [2.75, 3.05) is 19.8 Å². The van der Waals surface area contributed by atoms with Gasteiger partial charge in [0.1, 0.15) is 0 Å². The normalized spacial score (nSPS) is 18.7. The van der Waals surface area contributed by atoms with E-state index >= 15 is 0 Å². The molecule has 5 nitrogen and oxygen atoms in total. The van der Waals surface area contributed by atoms with Gasteiger partial charge in [0.05, 0.1) is 25.4 Å². The van der Waals surface area contributed by atoms with Crippen LogP contribution in [0.15, 0.2) is 48.6 Å². The van der Waals surface area contributed by atoms with E-state index in [1.165, 1.54) is 30.4 Å². The van der Waals surface area contributed by atoms with Gasteiger partial charge in [-0.3, -0.25) is 0 Å².